The van der Waals surface area contributed by atoms with Gasteiger partial charge in [-0.2, -0.15) is 0 Å². The number of rotatable bonds is 7. The van der Waals surface area contributed by atoms with Crippen LogP contribution in [0.25, 0.3) is 0 Å². The number of carbonyl (C=O) groups is 2. The van der Waals surface area contributed by atoms with Gasteiger partial charge in [-0.3, -0.25) is 9.59 Å². The van der Waals surface area contributed by atoms with Crippen molar-refractivity contribution in [2.75, 3.05) is 26.1 Å². The van der Waals surface area contributed by atoms with E-state index in [9.17, 15) is 9.59 Å². The molecule has 1 aliphatic heterocycles. The first-order chi connectivity index (χ1) is 13.1. The highest BCUT2D eigenvalue weighted by Crippen LogP contribution is 2.29. The van der Waals surface area contributed by atoms with Crippen LogP contribution in [0.5, 0.6) is 17.2 Å². The molecule has 0 saturated carbocycles. The van der Waals surface area contributed by atoms with E-state index in [1.807, 2.05) is 30.3 Å². The molecule has 0 radical (unpaired) electrons. The molecule has 0 aromatic heterocycles. The number of hydrogen-bond donors (Lipinski definition) is 2. The lowest BCUT2D eigenvalue weighted by molar-refractivity contribution is -0.130. The number of hydrogen-bond acceptors (Lipinski definition) is 5. The summed E-state index contributed by atoms with van der Waals surface area (Å²) in [7, 11) is 3.16. The van der Waals surface area contributed by atoms with Crippen LogP contribution in [0.4, 0.5) is 5.69 Å². The van der Waals surface area contributed by atoms with E-state index in [1.54, 1.807) is 26.4 Å². The number of anilines is 1. The summed E-state index contributed by atoms with van der Waals surface area (Å²) in [4.78, 5) is 24.2. The van der Waals surface area contributed by atoms with Crippen LogP contribution in [0.2, 0.25) is 0 Å². The van der Waals surface area contributed by atoms with Gasteiger partial charge in [0.15, 0.2) is 17.6 Å². The van der Waals surface area contributed by atoms with Gasteiger partial charge in [0, 0.05) is 6.54 Å². The van der Waals surface area contributed by atoms with Gasteiger partial charge in [0.05, 0.1) is 26.3 Å². The smallest absolute Gasteiger partial charge is 0.266 e. The molecule has 0 saturated heterocycles. The van der Waals surface area contributed by atoms with Crippen molar-refractivity contribution in [2.45, 2.75) is 18.9 Å². The van der Waals surface area contributed by atoms with Crippen LogP contribution >= 0.6 is 0 Å². The second kappa shape index (κ2) is 8.44. The zero-order valence-electron chi connectivity index (χ0n) is 15.3. The highest BCUT2D eigenvalue weighted by molar-refractivity contribution is 5.99. The average Bonchev–Trinajstić information content (AvgIpc) is 2.68. The summed E-state index contributed by atoms with van der Waals surface area (Å²) in [6.07, 6.45) is -0.236. The minimum Gasteiger partial charge on any atom is -0.493 e. The molecule has 1 heterocycles. The molecule has 0 bridgehead atoms. The first-order valence-corrected chi connectivity index (χ1v) is 8.65. The Balaban J connectivity index is 1.50. The number of fused-ring (bicyclic) bond motifs is 1. The second-order valence-electron chi connectivity index (χ2n) is 6.09. The SMILES string of the molecule is COc1ccc(CCNC(=O)CC2Oc3ccccc3NC2=O)cc1OC. The molecular weight excluding hydrogens is 348 g/mol. The first-order valence-electron chi connectivity index (χ1n) is 8.65. The van der Waals surface area contributed by atoms with Crippen molar-refractivity contribution in [3.05, 3.63) is 48.0 Å². The summed E-state index contributed by atoms with van der Waals surface area (Å²) >= 11 is 0. The summed E-state index contributed by atoms with van der Waals surface area (Å²) < 4.78 is 16.1. The van der Waals surface area contributed by atoms with Crippen LogP contribution < -0.4 is 24.8 Å². The molecule has 0 spiro atoms. The maximum Gasteiger partial charge on any atom is 0.266 e. The normalized spacial score (nSPS) is 15.2. The maximum atomic E-state index is 12.2. The van der Waals surface area contributed by atoms with Gasteiger partial charge in [-0.15, -0.1) is 0 Å². The zero-order chi connectivity index (χ0) is 19.2. The van der Waals surface area contributed by atoms with Gasteiger partial charge >= 0.3 is 0 Å². The Morgan fingerprint density at radius 2 is 1.93 bits per heavy atom. The molecule has 1 aliphatic rings. The van der Waals surface area contributed by atoms with Crippen molar-refractivity contribution in [2.24, 2.45) is 0 Å². The molecule has 1 atom stereocenters. The molecule has 2 aromatic carbocycles. The fourth-order valence-electron chi connectivity index (χ4n) is 2.85. The summed E-state index contributed by atoms with van der Waals surface area (Å²) in [6, 6.07) is 12.8. The molecule has 7 nitrogen and oxygen atoms in total. The Kier molecular flexibility index (Phi) is 5.80. The van der Waals surface area contributed by atoms with Crippen molar-refractivity contribution in [1.82, 2.24) is 5.32 Å². The fraction of sp³-hybridized carbons (Fsp3) is 0.300. The Hall–Kier alpha value is -3.22. The Morgan fingerprint density at radius 3 is 2.70 bits per heavy atom. The lowest BCUT2D eigenvalue weighted by Gasteiger charge is -2.25. The standard InChI is InChI=1S/C20H22N2O5/c1-25-16-8-7-13(11-17(16)26-2)9-10-21-19(23)12-18-20(24)22-14-5-3-4-6-15(14)27-18/h3-8,11,18H,9-10,12H2,1-2H3,(H,21,23)(H,22,24). The van der Waals surface area contributed by atoms with Gasteiger partial charge in [-0.1, -0.05) is 18.2 Å². The minimum atomic E-state index is -0.832. The summed E-state index contributed by atoms with van der Waals surface area (Å²) in [5.74, 6) is 1.32. The van der Waals surface area contributed by atoms with Crippen LogP contribution in [0.1, 0.15) is 12.0 Å². The van der Waals surface area contributed by atoms with Crippen molar-refractivity contribution in [1.29, 1.82) is 0 Å². The van der Waals surface area contributed by atoms with Crippen LogP contribution in [0, 0.1) is 0 Å². The lowest BCUT2D eigenvalue weighted by Crippen LogP contribution is -2.41. The van der Waals surface area contributed by atoms with Gasteiger partial charge in [0.1, 0.15) is 5.75 Å². The topological polar surface area (TPSA) is 85.9 Å². The quantitative estimate of drug-likeness (QED) is 0.780. The predicted octanol–water partition coefficient (Wildman–Crippen LogP) is 2.15. The molecule has 0 aliphatic carbocycles. The van der Waals surface area contributed by atoms with E-state index in [1.165, 1.54) is 0 Å². The number of benzene rings is 2. The van der Waals surface area contributed by atoms with E-state index in [-0.39, 0.29) is 18.2 Å². The third-order valence-corrected chi connectivity index (χ3v) is 4.26. The molecule has 2 amide bonds. The fourth-order valence-corrected chi connectivity index (χ4v) is 2.85. The second-order valence-corrected chi connectivity index (χ2v) is 6.09. The Morgan fingerprint density at radius 1 is 1.15 bits per heavy atom. The van der Waals surface area contributed by atoms with Gasteiger partial charge in [-0.05, 0) is 36.2 Å². The summed E-state index contributed by atoms with van der Waals surface area (Å²) in [5, 5.41) is 5.57. The molecule has 1 unspecified atom stereocenters. The highest BCUT2D eigenvalue weighted by Gasteiger charge is 2.29. The minimum absolute atomic E-state index is 0.0356. The van der Waals surface area contributed by atoms with E-state index in [0.717, 1.165) is 5.56 Å². The van der Waals surface area contributed by atoms with Crippen molar-refractivity contribution < 1.29 is 23.8 Å². The molecule has 7 heteroatoms. The third-order valence-electron chi connectivity index (χ3n) is 4.26. The maximum absolute atomic E-state index is 12.2. The van der Waals surface area contributed by atoms with E-state index >= 15 is 0 Å². The molecular formula is C20H22N2O5. The van der Waals surface area contributed by atoms with Crippen LogP contribution in [-0.2, 0) is 16.0 Å². The largest absolute Gasteiger partial charge is 0.493 e. The number of methoxy groups -OCH3 is 2. The number of amides is 2. The first kappa shape index (κ1) is 18.6. The summed E-state index contributed by atoms with van der Waals surface area (Å²) in [5.41, 5.74) is 1.63. The van der Waals surface area contributed by atoms with Gasteiger partial charge in [0.2, 0.25) is 5.91 Å². The van der Waals surface area contributed by atoms with E-state index in [2.05, 4.69) is 10.6 Å². The Labute approximate surface area is 157 Å². The van der Waals surface area contributed by atoms with Gasteiger partial charge < -0.3 is 24.8 Å². The third kappa shape index (κ3) is 4.49. The number of para-hydroxylation sites is 2. The van der Waals surface area contributed by atoms with Crippen LogP contribution in [-0.4, -0.2) is 38.7 Å². The molecule has 3 rings (SSSR count). The van der Waals surface area contributed by atoms with Gasteiger partial charge in [-0.25, -0.2) is 0 Å². The van der Waals surface area contributed by atoms with Crippen LogP contribution in [0.15, 0.2) is 42.5 Å². The molecule has 2 aromatic rings. The Bertz CT molecular complexity index is 837. The number of ether oxygens (including phenoxy) is 3. The molecule has 2 N–H and O–H groups in total. The average molecular weight is 370 g/mol. The molecule has 0 fully saturated rings. The van der Waals surface area contributed by atoms with E-state index in [0.29, 0.717) is 35.9 Å². The lowest BCUT2D eigenvalue weighted by atomic mass is 10.1. The molecule has 27 heavy (non-hydrogen) atoms. The van der Waals surface area contributed by atoms with E-state index in [4.69, 9.17) is 14.2 Å². The monoisotopic (exact) mass is 370 g/mol. The predicted molar refractivity (Wildman–Crippen MR) is 100 cm³/mol. The van der Waals surface area contributed by atoms with E-state index < -0.39 is 6.10 Å². The molecule has 142 valence electrons. The van der Waals surface area contributed by atoms with Crippen molar-refractivity contribution in [3.63, 3.8) is 0 Å². The van der Waals surface area contributed by atoms with Gasteiger partial charge in [0.25, 0.3) is 5.91 Å². The summed E-state index contributed by atoms with van der Waals surface area (Å²) in [6.45, 7) is 0.444. The highest BCUT2D eigenvalue weighted by atomic mass is 16.5. The number of carbonyl (C=O) groups excluding carboxylic acids is 2. The van der Waals surface area contributed by atoms with Crippen molar-refractivity contribution in [3.8, 4) is 17.2 Å². The number of nitrogens with one attached hydrogen (secondary N) is 2. The van der Waals surface area contributed by atoms with Crippen LogP contribution in [0.3, 0.4) is 0 Å². The zero-order valence-corrected chi connectivity index (χ0v) is 15.3. The van der Waals surface area contributed by atoms with Crippen molar-refractivity contribution >= 4 is 17.5 Å².